The molecule has 1 rings (SSSR count). The number of ether oxygens (including phenoxy) is 1. The van der Waals surface area contributed by atoms with Crippen molar-refractivity contribution in [2.45, 2.75) is 26.7 Å². The number of rotatable bonds is 5. The molecule has 0 atom stereocenters. The highest BCUT2D eigenvalue weighted by Crippen LogP contribution is 2.09. The highest BCUT2D eigenvalue weighted by Gasteiger charge is 1.98. The lowest BCUT2D eigenvalue weighted by Crippen LogP contribution is -2.02. The smallest absolute Gasteiger partial charge is 0.306 e. The Morgan fingerprint density at radius 3 is 2.81 bits per heavy atom. The minimum Gasteiger partial charge on any atom is -0.466 e. The van der Waals surface area contributed by atoms with Crippen molar-refractivity contribution in [3.63, 3.8) is 0 Å². The molecule has 0 spiro atoms. The van der Waals surface area contributed by atoms with E-state index in [1.807, 2.05) is 25.1 Å². The van der Waals surface area contributed by atoms with Crippen LogP contribution in [0.15, 0.2) is 30.3 Å². The summed E-state index contributed by atoms with van der Waals surface area (Å²) in [4.78, 5) is 11.1. The van der Waals surface area contributed by atoms with Gasteiger partial charge in [-0.25, -0.2) is 0 Å². The largest absolute Gasteiger partial charge is 0.466 e. The van der Waals surface area contributed by atoms with Gasteiger partial charge in [0.05, 0.1) is 6.61 Å². The lowest BCUT2D eigenvalue weighted by Gasteiger charge is -1.99. The number of aryl methyl sites for hydroxylation is 1. The Bertz CT molecular complexity index is 367. The molecule has 0 fully saturated rings. The molecule has 2 heteroatoms. The number of hydrogen-bond acceptors (Lipinski definition) is 2. The molecule has 86 valence electrons. The van der Waals surface area contributed by atoms with Crippen LogP contribution >= 0.6 is 0 Å². The summed E-state index contributed by atoms with van der Waals surface area (Å²) in [6.07, 6.45) is 5.25. The Morgan fingerprint density at radius 2 is 2.12 bits per heavy atom. The van der Waals surface area contributed by atoms with E-state index in [4.69, 9.17) is 4.74 Å². The SMILES string of the molecule is CCOC(=O)CC/C=C/c1ccccc1C. The van der Waals surface area contributed by atoms with Crippen molar-refractivity contribution < 1.29 is 9.53 Å². The van der Waals surface area contributed by atoms with Gasteiger partial charge in [0, 0.05) is 6.42 Å². The molecule has 0 aliphatic carbocycles. The summed E-state index contributed by atoms with van der Waals surface area (Å²) in [5.74, 6) is -0.128. The van der Waals surface area contributed by atoms with Gasteiger partial charge < -0.3 is 4.74 Å². The lowest BCUT2D eigenvalue weighted by atomic mass is 10.1. The van der Waals surface area contributed by atoms with Crippen molar-refractivity contribution in [1.29, 1.82) is 0 Å². The van der Waals surface area contributed by atoms with Crippen LogP contribution in [0, 0.1) is 6.92 Å². The lowest BCUT2D eigenvalue weighted by molar-refractivity contribution is -0.142. The summed E-state index contributed by atoms with van der Waals surface area (Å²) in [7, 11) is 0. The van der Waals surface area contributed by atoms with Gasteiger partial charge in [0.1, 0.15) is 0 Å². The normalized spacial score (nSPS) is 10.6. The fourth-order valence-corrected chi connectivity index (χ4v) is 1.42. The molecule has 0 heterocycles. The van der Waals surface area contributed by atoms with E-state index < -0.39 is 0 Å². The van der Waals surface area contributed by atoms with Crippen LogP contribution in [0.4, 0.5) is 0 Å². The van der Waals surface area contributed by atoms with E-state index in [2.05, 4.69) is 25.1 Å². The van der Waals surface area contributed by atoms with Gasteiger partial charge in [-0.3, -0.25) is 4.79 Å². The highest BCUT2D eigenvalue weighted by atomic mass is 16.5. The number of esters is 1. The van der Waals surface area contributed by atoms with Crippen LogP contribution in [-0.2, 0) is 9.53 Å². The van der Waals surface area contributed by atoms with E-state index in [0.29, 0.717) is 13.0 Å². The number of hydrogen-bond donors (Lipinski definition) is 0. The topological polar surface area (TPSA) is 26.3 Å². The summed E-state index contributed by atoms with van der Waals surface area (Å²) in [5.41, 5.74) is 2.45. The van der Waals surface area contributed by atoms with Gasteiger partial charge in [-0.15, -0.1) is 0 Å². The third-order valence-corrected chi connectivity index (χ3v) is 2.31. The van der Waals surface area contributed by atoms with Crippen LogP contribution in [0.5, 0.6) is 0 Å². The third kappa shape index (κ3) is 4.30. The zero-order chi connectivity index (χ0) is 11.8. The summed E-state index contributed by atoms with van der Waals surface area (Å²) in [5, 5.41) is 0. The molecule has 0 saturated heterocycles. The van der Waals surface area contributed by atoms with Gasteiger partial charge >= 0.3 is 5.97 Å². The molecule has 0 amide bonds. The fourth-order valence-electron chi connectivity index (χ4n) is 1.42. The molecule has 0 radical (unpaired) electrons. The summed E-state index contributed by atoms with van der Waals surface area (Å²) in [6, 6.07) is 8.17. The molecule has 0 saturated carbocycles. The highest BCUT2D eigenvalue weighted by molar-refractivity contribution is 5.69. The molecule has 2 nitrogen and oxygen atoms in total. The third-order valence-electron chi connectivity index (χ3n) is 2.31. The van der Waals surface area contributed by atoms with Crippen molar-refractivity contribution >= 4 is 12.0 Å². The fraction of sp³-hybridized carbons (Fsp3) is 0.357. The molecular formula is C14H18O2. The molecule has 0 unspecified atom stereocenters. The molecule has 0 aliphatic rings. The Hall–Kier alpha value is -1.57. The molecule has 1 aromatic carbocycles. The van der Waals surface area contributed by atoms with E-state index in [0.717, 1.165) is 6.42 Å². The second-order valence-corrected chi connectivity index (χ2v) is 3.60. The second kappa shape index (κ2) is 6.83. The number of benzene rings is 1. The summed E-state index contributed by atoms with van der Waals surface area (Å²) in [6.45, 7) is 4.35. The predicted molar refractivity (Wildman–Crippen MR) is 66.1 cm³/mol. The Labute approximate surface area is 96.9 Å². The maximum absolute atomic E-state index is 11.1. The van der Waals surface area contributed by atoms with Crippen LogP contribution < -0.4 is 0 Å². The number of carbonyl (C=O) groups is 1. The standard InChI is InChI=1S/C14H18O2/c1-3-16-14(15)11-7-6-10-13-9-5-4-8-12(13)2/h4-6,8-10H,3,7,11H2,1-2H3/b10-6+. The van der Waals surface area contributed by atoms with E-state index in [9.17, 15) is 4.79 Å². The van der Waals surface area contributed by atoms with E-state index in [1.165, 1.54) is 11.1 Å². The molecule has 16 heavy (non-hydrogen) atoms. The molecular weight excluding hydrogens is 200 g/mol. The zero-order valence-corrected chi connectivity index (χ0v) is 9.90. The first-order chi connectivity index (χ1) is 7.74. The van der Waals surface area contributed by atoms with Gasteiger partial charge in [-0.05, 0) is 31.4 Å². The molecule has 0 bridgehead atoms. The Kier molecular flexibility index (Phi) is 5.34. The van der Waals surface area contributed by atoms with Crippen molar-refractivity contribution in [2.24, 2.45) is 0 Å². The molecule has 0 N–H and O–H groups in total. The first kappa shape index (κ1) is 12.5. The van der Waals surface area contributed by atoms with Crippen molar-refractivity contribution in [3.05, 3.63) is 41.5 Å². The predicted octanol–water partition coefficient (Wildman–Crippen LogP) is 3.35. The van der Waals surface area contributed by atoms with Crippen LogP contribution in [0.1, 0.15) is 30.9 Å². The summed E-state index contributed by atoms with van der Waals surface area (Å²) >= 11 is 0. The van der Waals surface area contributed by atoms with E-state index >= 15 is 0 Å². The van der Waals surface area contributed by atoms with Gasteiger partial charge in [0.25, 0.3) is 0 Å². The van der Waals surface area contributed by atoms with Gasteiger partial charge in [0.15, 0.2) is 0 Å². The maximum atomic E-state index is 11.1. The Balaban J connectivity index is 2.38. The minimum atomic E-state index is -0.128. The monoisotopic (exact) mass is 218 g/mol. The van der Waals surface area contributed by atoms with Crippen LogP contribution in [-0.4, -0.2) is 12.6 Å². The number of allylic oxidation sites excluding steroid dienone is 1. The van der Waals surface area contributed by atoms with E-state index in [1.54, 1.807) is 0 Å². The van der Waals surface area contributed by atoms with Gasteiger partial charge in [-0.1, -0.05) is 36.4 Å². The molecule has 1 aromatic rings. The van der Waals surface area contributed by atoms with Crippen LogP contribution in [0.3, 0.4) is 0 Å². The molecule has 0 aromatic heterocycles. The first-order valence-electron chi connectivity index (χ1n) is 5.62. The van der Waals surface area contributed by atoms with Crippen LogP contribution in [0.2, 0.25) is 0 Å². The molecule has 0 aliphatic heterocycles. The van der Waals surface area contributed by atoms with Crippen LogP contribution in [0.25, 0.3) is 6.08 Å². The van der Waals surface area contributed by atoms with Gasteiger partial charge in [-0.2, -0.15) is 0 Å². The second-order valence-electron chi connectivity index (χ2n) is 3.60. The number of carbonyl (C=O) groups excluding carboxylic acids is 1. The van der Waals surface area contributed by atoms with E-state index in [-0.39, 0.29) is 5.97 Å². The average molecular weight is 218 g/mol. The maximum Gasteiger partial charge on any atom is 0.306 e. The zero-order valence-electron chi connectivity index (χ0n) is 9.90. The summed E-state index contributed by atoms with van der Waals surface area (Å²) < 4.78 is 4.85. The van der Waals surface area contributed by atoms with Crippen molar-refractivity contribution in [1.82, 2.24) is 0 Å². The first-order valence-corrected chi connectivity index (χ1v) is 5.62. The Morgan fingerprint density at radius 1 is 1.38 bits per heavy atom. The van der Waals surface area contributed by atoms with Crippen molar-refractivity contribution in [2.75, 3.05) is 6.61 Å². The van der Waals surface area contributed by atoms with Gasteiger partial charge in [0.2, 0.25) is 0 Å². The quantitative estimate of drug-likeness (QED) is 0.708. The average Bonchev–Trinajstić information content (AvgIpc) is 2.27. The van der Waals surface area contributed by atoms with Crippen molar-refractivity contribution in [3.8, 4) is 0 Å². The minimum absolute atomic E-state index is 0.128.